The summed E-state index contributed by atoms with van der Waals surface area (Å²) < 4.78 is 5.47. The fourth-order valence-corrected chi connectivity index (χ4v) is 4.36. The van der Waals surface area contributed by atoms with Gasteiger partial charge in [-0.2, -0.15) is 0 Å². The topological polar surface area (TPSA) is 82.1 Å². The van der Waals surface area contributed by atoms with E-state index < -0.39 is 0 Å². The maximum atomic E-state index is 12.8. The van der Waals surface area contributed by atoms with Gasteiger partial charge in [0, 0.05) is 52.0 Å². The monoisotopic (exact) mass is 544 g/mol. The minimum atomic E-state index is -0.326. The van der Waals surface area contributed by atoms with E-state index in [2.05, 4.69) is 33.5 Å². The highest BCUT2D eigenvalue weighted by Gasteiger charge is 2.42. The van der Waals surface area contributed by atoms with Crippen molar-refractivity contribution in [2.75, 3.05) is 58.4 Å². The summed E-state index contributed by atoms with van der Waals surface area (Å²) >= 11 is 0. The van der Waals surface area contributed by atoms with Gasteiger partial charge in [0.05, 0.1) is 25.2 Å². The summed E-state index contributed by atoms with van der Waals surface area (Å²) in [7, 11) is 3.69. The van der Waals surface area contributed by atoms with Gasteiger partial charge in [-0.1, -0.05) is 18.9 Å². The van der Waals surface area contributed by atoms with Gasteiger partial charge in [-0.25, -0.2) is 9.98 Å². The average molecular weight is 544 g/mol. The predicted octanol–water partition coefficient (Wildman–Crippen LogP) is 2.24. The lowest BCUT2D eigenvalue weighted by Gasteiger charge is -2.31. The number of nitrogens with one attached hydrogen (secondary N) is 2. The molecule has 1 aromatic heterocycles. The molecule has 0 radical (unpaired) electrons. The molecule has 2 fully saturated rings. The van der Waals surface area contributed by atoms with Gasteiger partial charge in [0.15, 0.2) is 5.96 Å². The molecule has 0 spiro atoms. The number of rotatable bonds is 7. The molecule has 0 bridgehead atoms. The van der Waals surface area contributed by atoms with Crippen molar-refractivity contribution in [2.45, 2.75) is 39.2 Å². The van der Waals surface area contributed by atoms with Crippen LogP contribution in [0, 0.1) is 5.41 Å². The molecule has 9 heteroatoms. The Balaban J connectivity index is 0.00000341. The Morgan fingerprint density at radius 2 is 1.97 bits per heavy atom. The van der Waals surface area contributed by atoms with E-state index in [-0.39, 0.29) is 35.3 Å². The SMILES string of the molecule is CCNC(=NCc1cccnc1N1CCOCC1)NCC1(C(=O)N(C)C)CCCC1.I. The number of carbonyl (C=O) groups excluding carboxylic acids is 1. The molecular formula is C22H37IN6O2. The van der Waals surface area contributed by atoms with Gasteiger partial charge in [0.2, 0.25) is 5.91 Å². The van der Waals surface area contributed by atoms with E-state index in [1.807, 2.05) is 26.4 Å². The smallest absolute Gasteiger partial charge is 0.230 e. The number of guanidine groups is 1. The largest absolute Gasteiger partial charge is 0.378 e. The molecule has 1 amide bonds. The Hall–Kier alpha value is -1.62. The first-order valence-electron chi connectivity index (χ1n) is 11.1. The fraction of sp³-hybridized carbons (Fsp3) is 0.682. The van der Waals surface area contributed by atoms with Crippen LogP contribution in [0.25, 0.3) is 0 Å². The fourth-order valence-electron chi connectivity index (χ4n) is 4.36. The van der Waals surface area contributed by atoms with Crippen LogP contribution in [0.3, 0.4) is 0 Å². The zero-order valence-electron chi connectivity index (χ0n) is 19.0. The number of hydrogen-bond donors (Lipinski definition) is 2. The van der Waals surface area contributed by atoms with Crippen molar-refractivity contribution in [3.63, 3.8) is 0 Å². The van der Waals surface area contributed by atoms with Gasteiger partial charge in [-0.05, 0) is 25.8 Å². The van der Waals surface area contributed by atoms with Gasteiger partial charge in [-0.15, -0.1) is 24.0 Å². The third-order valence-corrected chi connectivity index (χ3v) is 5.94. The summed E-state index contributed by atoms with van der Waals surface area (Å²) in [5, 5.41) is 6.77. The number of morpholine rings is 1. The molecule has 3 rings (SSSR count). The molecule has 1 aliphatic carbocycles. The Kier molecular flexibility index (Phi) is 10.3. The van der Waals surface area contributed by atoms with Crippen LogP contribution in [0.15, 0.2) is 23.3 Å². The van der Waals surface area contributed by atoms with Gasteiger partial charge < -0.3 is 25.2 Å². The third-order valence-electron chi connectivity index (χ3n) is 5.94. The first kappa shape index (κ1) is 25.6. The number of pyridine rings is 1. The minimum Gasteiger partial charge on any atom is -0.378 e. The second-order valence-corrected chi connectivity index (χ2v) is 8.32. The normalized spacial score (nSPS) is 18.3. The molecule has 0 unspecified atom stereocenters. The molecule has 0 atom stereocenters. The Morgan fingerprint density at radius 1 is 1.26 bits per heavy atom. The van der Waals surface area contributed by atoms with E-state index in [0.29, 0.717) is 13.1 Å². The molecule has 1 saturated carbocycles. The standard InChI is InChI=1S/C22H36N6O2.HI/c1-4-23-21(26-17-22(9-5-6-10-22)20(29)27(2)3)25-16-18-8-7-11-24-19(18)28-12-14-30-15-13-28;/h7-8,11H,4-6,9-10,12-17H2,1-3H3,(H2,23,25,26);1H. The number of aliphatic imine (C=N–C) groups is 1. The Bertz CT molecular complexity index is 730. The van der Waals surface area contributed by atoms with Crippen molar-refractivity contribution in [2.24, 2.45) is 10.4 Å². The molecular weight excluding hydrogens is 507 g/mol. The van der Waals surface area contributed by atoms with Crippen LogP contribution in [0.2, 0.25) is 0 Å². The Labute approximate surface area is 203 Å². The van der Waals surface area contributed by atoms with Gasteiger partial charge in [0.1, 0.15) is 5.82 Å². The predicted molar refractivity (Wildman–Crippen MR) is 135 cm³/mol. The molecule has 2 N–H and O–H groups in total. The second-order valence-electron chi connectivity index (χ2n) is 8.32. The number of carbonyl (C=O) groups is 1. The van der Waals surface area contributed by atoms with Gasteiger partial charge in [0.25, 0.3) is 0 Å². The minimum absolute atomic E-state index is 0. The number of aromatic nitrogens is 1. The number of ether oxygens (including phenoxy) is 1. The maximum absolute atomic E-state index is 12.8. The van der Waals surface area contributed by atoms with Crippen LogP contribution in [0.1, 0.15) is 38.2 Å². The van der Waals surface area contributed by atoms with Crippen molar-refractivity contribution >= 4 is 41.7 Å². The van der Waals surface area contributed by atoms with Gasteiger partial charge >= 0.3 is 0 Å². The van der Waals surface area contributed by atoms with Crippen molar-refractivity contribution in [1.82, 2.24) is 20.5 Å². The molecule has 174 valence electrons. The molecule has 0 aromatic carbocycles. The van der Waals surface area contributed by atoms with Crippen molar-refractivity contribution in [3.8, 4) is 0 Å². The van der Waals surface area contributed by atoms with E-state index in [4.69, 9.17) is 9.73 Å². The number of halogens is 1. The highest BCUT2D eigenvalue weighted by molar-refractivity contribution is 14.0. The molecule has 8 nitrogen and oxygen atoms in total. The Morgan fingerprint density at radius 3 is 2.61 bits per heavy atom. The quantitative estimate of drug-likeness (QED) is 0.312. The number of anilines is 1. The van der Waals surface area contributed by atoms with Crippen molar-refractivity contribution in [3.05, 3.63) is 23.9 Å². The zero-order chi connectivity index (χ0) is 21.4. The third kappa shape index (κ3) is 6.68. The highest BCUT2D eigenvalue weighted by Crippen LogP contribution is 2.38. The van der Waals surface area contributed by atoms with Gasteiger partial charge in [-0.3, -0.25) is 4.79 Å². The van der Waals surface area contributed by atoms with Crippen LogP contribution in [-0.2, 0) is 16.1 Å². The lowest BCUT2D eigenvalue weighted by atomic mass is 9.84. The molecule has 1 aliphatic heterocycles. The number of hydrogen-bond acceptors (Lipinski definition) is 5. The van der Waals surface area contributed by atoms with Crippen molar-refractivity contribution < 1.29 is 9.53 Å². The summed E-state index contributed by atoms with van der Waals surface area (Å²) in [5.41, 5.74) is 0.768. The lowest BCUT2D eigenvalue weighted by Crippen LogP contribution is -2.49. The van der Waals surface area contributed by atoms with Crippen LogP contribution < -0.4 is 15.5 Å². The summed E-state index contributed by atoms with van der Waals surface area (Å²) in [6, 6.07) is 4.04. The van der Waals surface area contributed by atoms with E-state index in [9.17, 15) is 4.79 Å². The lowest BCUT2D eigenvalue weighted by molar-refractivity contribution is -0.138. The molecule has 31 heavy (non-hydrogen) atoms. The van der Waals surface area contributed by atoms with E-state index >= 15 is 0 Å². The summed E-state index contributed by atoms with van der Waals surface area (Å²) in [6.45, 7) is 7.11. The first-order valence-corrected chi connectivity index (χ1v) is 11.1. The second kappa shape index (κ2) is 12.4. The zero-order valence-corrected chi connectivity index (χ0v) is 21.4. The summed E-state index contributed by atoms with van der Waals surface area (Å²) in [4.78, 5) is 26.2. The first-order chi connectivity index (χ1) is 14.6. The van der Waals surface area contributed by atoms with Crippen molar-refractivity contribution in [1.29, 1.82) is 0 Å². The molecule has 2 aliphatic rings. The van der Waals surface area contributed by atoms with E-state index in [1.54, 1.807) is 4.90 Å². The van der Waals surface area contributed by atoms with Crippen LogP contribution in [0.5, 0.6) is 0 Å². The number of amides is 1. The van der Waals surface area contributed by atoms with Crippen LogP contribution in [0.4, 0.5) is 5.82 Å². The summed E-state index contributed by atoms with van der Waals surface area (Å²) in [6.07, 6.45) is 5.90. The molecule has 1 saturated heterocycles. The van der Waals surface area contributed by atoms with Crippen LogP contribution >= 0.6 is 24.0 Å². The summed E-state index contributed by atoms with van der Waals surface area (Å²) in [5.74, 6) is 1.94. The average Bonchev–Trinajstić information content (AvgIpc) is 3.26. The molecule has 1 aromatic rings. The van der Waals surface area contributed by atoms with Crippen LogP contribution in [-0.4, -0.2) is 75.2 Å². The van der Waals surface area contributed by atoms with E-state index in [0.717, 1.165) is 75.9 Å². The highest BCUT2D eigenvalue weighted by atomic mass is 127. The maximum Gasteiger partial charge on any atom is 0.230 e. The molecule has 2 heterocycles. The number of nitrogens with zero attached hydrogens (tertiary/aromatic N) is 4. The van der Waals surface area contributed by atoms with E-state index in [1.165, 1.54) is 0 Å².